The number of rotatable bonds is 8. The highest BCUT2D eigenvalue weighted by Crippen LogP contribution is 2.31. The number of hydrogen-bond donors (Lipinski definition) is 2. The summed E-state index contributed by atoms with van der Waals surface area (Å²) in [4.78, 5) is 25.0. The van der Waals surface area contributed by atoms with E-state index in [-0.39, 0.29) is 11.6 Å². The SMILES string of the molecule is CCC(Nc1cc(-n2nc(C)n(CC)c2=O)c(Cl)cc1Cl)C(=O)NCC(C)C. The number of nitrogens with one attached hydrogen (secondary N) is 2. The fourth-order valence-electron chi connectivity index (χ4n) is 2.79. The van der Waals surface area contributed by atoms with E-state index in [0.717, 1.165) is 0 Å². The van der Waals surface area contributed by atoms with Crippen molar-refractivity contribution in [2.45, 2.75) is 53.6 Å². The summed E-state index contributed by atoms with van der Waals surface area (Å²) in [6.45, 7) is 10.7. The van der Waals surface area contributed by atoms with Crippen molar-refractivity contribution < 1.29 is 4.79 Å². The molecule has 7 nitrogen and oxygen atoms in total. The van der Waals surface area contributed by atoms with Gasteiger partial charge in [0.2, 0.25) is 5.91 Å². The van der Waals surface area contributed by atoms with E-state index in [9.17, 15) is 9.59 Å². The maximum atomic E-state index is 12.6. The van der Waals surface area contributed by atoms with Crippen molar-refractivity contribution in [2.75, 3.05) is 11.9 Å². The molecule has 0 spiro atoms. The molecule has 0 aliphatic rings. The number of carbonyl (C=O) groups is 1. The molecule has 0 aliphatic carbocycles. The van der Waals surface area contributed by atoms with E-state index < -0.39 is 6.04 Å². The average molecular weight is 428 g/mol. The molecule has 2 N–H and O–H groups in total. The lowest BCUT2D eigenvalue weighted by Crippen LogP contribution is -2.40. The van der Waals surface area contributed by atoms with E-state index in [4.69, 9.17) is 23.2 Å². The van der Waals surface area contributed by atoms with Gasteiger partial charge < -0.3 is 10.6 Å². The predicted molar refractivity (Wildman–Crippen MR) is 114 cm³/mol. The molecule has 1 atom stereocenters. The molecule has 9 heteroatoms. The summed E-state index contributed by atoms with van der Waals surface area (Å²) in [5, 5.41) is 11.0. The molecular formula is C19H27Cl2N5O2. The second-order valence-corrected chi connectivity index (χ2v) is 7.83. The lowest BCUT2D eigenvalue weighted by molar-refractivity contribution is -0.122. The molecule has 2 rings (SSSR count). The highest BCUT2D eigenvalue weighted by Gasteiger charge is 2.20. The molecule has 2 aromatic rings. The Morgan fingerprint density at radius 3 is 2.43 bits per heavy atom. The first-order valence-electron chi connectivity index (χ1n) is 9.39. The quantitative estimate of drug-likeness (QED) is 0.673. The maximum Gasteiger partial charge on any atom is 0.350 e. The van der Waals surface area contributed by atoms with Crippen molar-refractivity contribution in [2.24, 2.45) is 5.92 Å². The van der Waals surface area contributed by atoms with Gasteiger partial charge in [0.15, 0.2) is 0 Å². The third kappa shape index (κ3) is 4.89. The van der Waals surface area contributed by atoms with Crippen molar-refractivity contribution >= 4 is 34.8 Å². The Morgan fingerprint density at radius 2 is 1.89 bits per heavy atom. The van der Waals surface area contributed by atoms with Crippen molar-refractivity contribution in [3.8, 4) is 5.69 Å². The van der Waals surface area contributed by atoms with Crippen LogP contribution in [0.25, 0.3) is 5.69 Å². The van der Waals surface area contributed by atoms with Gasteiger partial charge in [-0.15, -0.1) is 0 Å². The smallest absolute Gasteiger partial charge is 0.350 e. The molecule has 0 radical (unpaired) electrons. The van der Waals surface area contributed by atoms with E-state index in [0.29, 0.717) is 52.7 Å². The largest absolute Gasteiger partial charge is 0.372 e. The second kappa shape index (κ2) is 9.47. The van der Waals surface area contributed by atoms with E-state index >= 15 is 0 Å². The van der Waals surface area contributed by atoms with Crippen LogP contribution >= 0.6 is 23.2 Å². The summed E-state index contributed by atoms with van der Waals surface area (Å²) in [5.41, 5.74) is 0.645. The molecule has 0 fully saturated rings. The van der Waals surface area contributed by atoms with Gasteiger partial charge in [0.05, 0.1) is 21.4 Å². The van der Waals surface area contributed by atoms with Crippen LogP contribution in [0.5, 0.6) is 0 Å². The summed E-state index contributed by atoms with van der Waals surface area (Å²) >= 11 is 12.7. The lowest BCUT2D eigenvalue weighted by Gasteiger charge is -2.20. The van der Waals surface area contributed by atoms with E-state index in [2.05, 4.69) is 15.7 Å². The fourth-order valence-corrected chi connectivity index (χ4v) is 3.31. The van der Waals surface area contributed by atoms with Gasteiger partial charge in [-0.25, -0.2) is 4.79 Å². The first kappa shape index (κ1) is 22.3. The second-order valence-electron chi connectivity index (χ2n) is 7.01. The zero-order valence-electron chi connectivity index (χ0n) is 16.8. The Kier molecular flexibility index (Phi) is 7.55. The third-order valence-electron chi connectivity index (χ3n) is 4.37. The fraction of sp³-hybridized carbons (Fsp3) is 0.526. The first-order chi connectivity index (χ1) is 13.2. The van der Waals surface area contributed by atoms with E-state index in [1.807, 2.05) is 27.7 Å². The van der Waals surface area contributed by atoms with Crippen molar-refractivity contribution in [3.05, 3.63) is 38.5 Å². The topological polar surface area (TPSA) is 81.0 Å². The minimum atomic E-state index is -0.461. The number of benzene rings is 1. The zero-order chi connectivity index (χ0) is 21.0. The summed E-state index contributed by atoms with van der Waals surface area (Å²) < 4.78 is 2.80. The van der Waals surface area contributed by atoms with Crippen LogP contribution in [0.3, 0.4) is 0 Å². The highest BCUT2D eigenvalue weighted by atomic mass is 35.5. The summed E-state index contributed by atoms with van der Waals surface area (Å²) in [6, 6.07) is 2.74. The highest BCUT2D eigenvalue weighted by molar-refractivity contribution is 6.37. The van der Waals surface area contributed by atoms with E-state index in [1.165, 1.54) is 4.68 Å². The van der Waals surface area contributed by atoms with Gasteiger partial charge in [-0.1, -0.05) is 44.0 Å². The van der Waals surface area contributed by atoms with Gasteiger partial charge in [0, 0.05) is 13.1 Å². The summed E-state index contributed by atoms with van der Waals surface area (Å²) in [7, 11) is 0. The Morgan fingerprint density at radius 1 is 1.21 bits per heavy atom. The van der Waals surface area contributed by atoms with Crippen LogP contribution in [0.15, 0.2) is 16.9 Å². The normalized spacial score (nSPS) is 12.3. The van der Waals surface area contributed by atoms with Crippen molar-refractivity contribution in [3.63, 3.8) is 0 Å². The number of carbonyl (C=O) groups excluding carboxylic acids is 1. The zero-order valence-corrected chi connectivity index (χ0v) is 18.4. The standard InChI is InChI=1S/C19H27Cl2N5O2/c1-6-15(18(27)22-10-11(3)4)23-16-9-17(14(21)8-13(16)20)26-19(28)25(7-2)12(5)24-26/h8-9,11,15,23H,6-7,10H2,1-5H3,(H,22,27). The minimum Gasteiger partial charge on any atom is -0.372 e. The predicted octanol–water partition coefficient (Wildman–Crippen LogP) is 3.63. The van der Waals surface area contributed by atoms with Gasteiger partial charge in [-0.3, -0.25) is 9.36 Å². The monoisotopic (exact) mass is 427 g/mol. The number of nitrogens with zero attached hydrogens (tertiary/aromatic N) is 3. The molecular weight excluding hydrogens is 401 g/mol. The van der Waals surface area contributed by atoms with E-state index in [1.54, 1.807) is 23.6 Å². The molecule has 1 aromatic heterocycles. The molecule has 1 aromatic carbocycles. The Labute approximate surface area is 175 Å². The van der Waals surface area contributed by atoms with Crippen LogP contribution in [0, 0.1) is 12.8 Å². The number of aryl methyl sites for hydroxylation is 1. The molecule has 1 heterocycles. The molecule has 0 saturated carbocycles. The lowest BCUT2D eigenvalue weighted by atomic mass is 10.1. The van der Waals surface area contributed by atoms with Gasteiger partial charge >= 0.3 is 5.69 Å². The summed E-state index contributed by atoms with van der Waals surface area (Å²) in [6.07, 6.45) is 0.571. The Balaban J connectivity index is 2.38. The molecule has 28 heavy (non-hydrogen) atoms. The average Bonchev–Trinajstić information content (AvgIpc) is 2.92. The molecule has 1 amide bonds. The van der Waals surface area contributed by atoms with Crippen LogP contribution in [0.2, 0.25) is 10.0 Å². The van der Waals surface area contributed by atoms with Crippen LogP contribution in [-0.4, -0.2) is 32.8 Å². The van der Waals surface area contributed by atoms with Gasteiger partial charge in [0.25, 0.3) is 0 Å². The van der Waals surface area contributed by atoms with Gasteiger partial charge in [-0.2, -0.15) is 9.78 Å². The van der Waals surface area contributed by atoms with Gasteiger partial charge in [0.1, 0.15) is 11.9 Å². The number of amides is 1. The van der Waals surface area contributed by atoms with Crippen molar-refractivity contribution in [1.82, 2.24) is 19.7 Å². The van der Waals surface area contributed by atoms with Crippen LogP contribution in [-0.2, 0) is 11.3 Å². The van der Waals surface area contributed by atoms with Crippen LogP contribution in [0.4, 0.5) is 5.69 Å². The molecule has 0 saturated heterocycles. The third-order valence-corrected chi connectivity index (χ3v) is 4.98. The van der Waals surface area contributed by atoms with Gasteiger partial charge in [-0.05, 0) is 38.3 Å². The Bertz CT molecular complexity index is 904. The summed E-state index contributed by atoms with van der Waals surface area (Å²) in [5.74, 6) is 0.843. The maximum absolute atomic E-state index is 12.6. The first-order valence-corrected chi connectivity index (χ1v) is 10.1. The number of anilines is 1. The molecule has 0 bridgehead atoms. The van der Waals surface area contributed by atoms with Crippen molar-refractivity contribution in [1.29, 1.82) is 0 Å². The number of aromatic nitrogens is 3. The minimum absolute atomic E-state index is 0.105. The molecule has 154 valence electrons. The Hall–Kier alpha value is -1.99. The molecule has 0 aliphatic heterocycles. The number of hydrogen-bond acceptors (Lipinski definition) is 4. The number of halogens is 2. The van der Waals surface area contributed by atoms with Crippen LogP contribution < -0.4 is 16.3 Å². The molecule has 1 unspecified atom stereocenters. The van der Waals surface area contributed by atoms with Crippen LogP contribution in [0.1, 0.15) is 39.9 Å².